The van der Waals surface area contributed by atoms with Gasteiger partial charge in [0.1, 0.15) is 11.8 Å². The summed E-state index contributed by atoms with van der Waals surface area (Å²) < 4.78 is 25.3. The molecular formula is C10H8F2N2O2. The van der Waals surface area contributed by atoms with Crippen molar-refractivity contribution in [2.24, 2.45) is 0 Å². The van der Waals surface area contributed by atoms with E-state index in [1.54, 1.807) is 6.07 Å². The Labute approximate surface area is 90.2 Å². The molecule has 6 heteroatoms. The number of aliphatic carboxylic acids is 1. The molecule has 0 radical (unpaired) electrons. The van der Waals surface area contributed by atoms with Crippen LogP contribution >= 0.6 is 0 Å². The number of rotatable bonds is 3. The number of hydrogen-bond donors (Lipinski definition) is 1. The second-order valence-electron chi connectivity index (χ2n) is 3.17. The van der Waals surface area contributed by atoms with E-state index in [0.29, 0.717) is 5.69 Å². The van der Waals surface area contributed by atoms with Crippen molar-refractivity contribution in [3.63, 3.8) is 0 Å². The SMILES string of the molecule is Cc1cc(CC(=O)O)c(C(F)F)c(C#N)n1. The van der Waals surface area contributed by atoms with Crippen LogP contribution in [0.3, 0.4) is 0 Å². The first-order valence-electron chi connectivity index (χ1n) is 4.36. The van der Waals surface area contributed by atoms with Crippen molar-refractivity contribution in [1.82, 2.24) is 4.98 Å². The monoisotopic (exact) mass is 226 g/mol. The molecule has 0 saturated carbocycles. The van der Waals surface area contributed by atoms with E-state index in [1.165, 1.54) is 13.0 Å². The summed E-state index contributed by atoms with van der Waals surface area (Å²) >= 11 is 0. The van der Waals surface area contributed by atoms with E-state index in [9.17, 15) is 13.6 Å². The molecule has 0 fully saturated rings. The van der Waals surface area contributed by atoms with Gasteiger partial charge in [0.15, 0.2) is 0 Å². The van der Waals surface area contributed by atoms with Crippen molar-refractivity contribution in [2.45, 2.75) is 19.8 Å². The molecule has 0 aliphatic rings. The fourth-order valence-corrected chi connectivity index (χ4v) is 1.39. The summed E-state index contributed by atoms with van der Waals surface area (Å²) in [4.78, 5) is 14.2. The zero-order valence-electron chi connectivity index (χ0n) is 8.37. The minimum atomic E-state index is -2.91. The Morgan fingerprint density at radius 2 is 2.31 bits per heavy atom. The van der Waals surface area contributed by atoms with Crippen molar-refractivity contribution in [3.05, 3.63) is 28.6 Å². The molecule has 4 nitrogen and oxygen atoms in total. The number of nitrogens with zero attached hydrogens (tertiary/aromatic N) is 2. The minimum absolute atomic E-state index is 0.0634. The number of pyridine rings is 1. The van der Waals surface area contributed by atoms with Gasteiger partial charge in [-0.25, -0.2) is 13.8 Å². The number of aromatic nitrogens is 1. The smallest absolute Gasteiger partial charge is 0.307 e. The molecule has 16 heavy (non-hydrogen) atoms. The molecule has 0 spiro atoms. The zero-order chi connectivity index (χ0) is 12.3. The van der Waals surface area contributed by atoms with Crippen LogP contribution in [0, 0.1) is 18.3 Å². The number of aryl methyl sites for hydroxylation is 1. The van der Waals surface area contributed by atoms with Gasteiger partial charge in [-0.3, -0.25) is 4.79 Å². The van der Waals surface area contributed by atoms with Crippen LogP contribution in [0.2, 0.25) is 0 Å². The number of carboxylic acid groups (broad SMARTS) is 1. The summed E-state index contributed by atoms with van der Waals surface area (Å²) in [6.45, 7) is 1.52. The lowest BCUT2D eigenvalue weighted by Crippen LogP contribution is -2.08. The summed E-state index contributed by atoms with van der Waals surface area (Å²) in [6, 6.07) is 2.81. The molecular weight excluding hydrogens is 218 g/mol. The van der Waals surface area contributed by atoms with Gasteiger partial charge in [0, 0.05) is 5.69 Å². The normalized spacial score (nSPS) is 10.2. The maximum Gasteiger partial charge on any atom is 0.307 e. The lowest BCUT2D eigenvalue weighted by molar-refractivity contribution is -0.136. The number of alkyl halides is 2. The van der Waals surface area contributed by atoms with E-state index in [4.69, 9.17) is 10.4 Å². The number of hydrogen-bond acceptors (Lipinski definition) is 3. The summed E-state index contributed by atoms with van der Waals surface area (Å²) in [5, 5.41) is 17.2. The second kappa shape index (κ2) is 4.66. The second-order valence-corrected chi connectivity index (χ2v) is 3.17. The number of halogens is 2. The van der Waals surface area contributed by atoms with Crippen LogP contribution in [0.1, 0.15) is 28.9 Å². The first kappa shape index (κ1) is 12.0. The van der Waals surface area contributed by atoms with Crippen molar-refractivity contribution in [3.8, 4) is 6.07 Å². The molecule has 1 aromatic rings. The van der Waals surface area contributed by atoms with E-state index >= 15 is 0 Å². The Hall–Kier alpha value is -2.03. The summed E-state index contributed by atoms with van der Waals surface area (Å²) in [5.41, 5.74) is -0.717. The van der Waals surface area contributed by atoms with Gasteiger partial charge in [-0.15, -0.1) is 0 Å². The highest BCUT2D eigenvalue weighted by Gasteiger charge is 2.21. The zero-order valence-corrected chi connectivity index (χ0v) is 8.37. The number of carboxylic acids is 1. The molecule has 1 rings (SSSR count). The molecule has 0 aromatic carbocycles. The van der Waals surface area contributed by atoms with E-state index in [2.05, 4.69) is 4.98 Å². The van der Waals surface area contributed by atoms with E-state index in [1.807, 2.05) is 0 Å². The molecule has 0 saturated heterocycles. The summed E-state index contributed by atoms with van der Waals surface area (Å²) in [6.07, 6.45) is -3.45. The van der Waals surface area contributed by atoms with Crippen LogP contribution in [0.25, 0.3) is 0 Å². The molecule has 0 aliphatic carbocycles. The van der Waals surface area contributed by atoms with Gasteiger partial charge in [-0.05, 0) is 18.6 Å². The molecule has 0 unspecified atom stereocenters. The van der Waals surface area contributed by atoms with Crippen LogP contribution in [-0.2, 0) is 11.2 Å². The Balaban J connectivity index is 3.39. The van der Waals surface area contributed by atoms with E-state index in [0.717, 1.165) is 0 Å². The molecule has 0 amide bonds. The lowest BCUT2D eigenvalue weighted by Gasteiger charge is -2.09. The fourth-order valence-electron chi connectivity index (χ4n) is 1.39. The topological polar surface area (TPSA) is 74.0 Å². The Bertz CT molecular complexity index is 467. The van der Waals surface area contributed by atoms with Gasteiger partial charge >= 0.3 is 5.97 Å². The van der Waals surface area contributed by atoms with Crippen molar-refractivity contribution >= 4 is 5.97 Å². The Kier molecular flexibility index (Phi) is 3.51. The molecule has 1 aromatic heterocycles. The number of carbonyl (C=O) groups is 1. The molecule has 0 atom stereocenters. The van der Waals surface area contributed by atoms with Gasteiger partial charge in [0.05, 0.1) is 12.0 Å². The van der Waals surface area contributed by atoms with Gasteiger partial charge in [-0.1, -0.05) is 0 Å². The standard InChI is InChI=1S/C10H8F2N2O2/c1-5-2-6(3-8(15)16)9(10(11)12)7(4-13)14-5/h2,10H,3H2,1H3,(H,15,16). The Morgan fingerprint density at radius 1 is 1.69 bits per heavy atom. The maximum absolute atomic E-state index is 12.7. The summed E-state index contributed by atoms with van der Waals surface area (Å²) in [7, 11) is 0. The van der Waals surface area contributed by atoms with Gasteiger partial charge in [-0.2, -0.15) is 5.26 Å². The highest BCUT2D eigenvalue weighted by atomic mass is 19.3. The van der Waals surface area contributed by atoms with Crippen LogP contribution in [0.5, 0.6) is 0 Å². The largest absolute Gasteiger partial charge is 0.481 e. The van der Waals surface area contributed by atoms with Gasteiger partial charge in [0.25, 0.3) is 6.43 Å². The van der Waals surface area contributed by atoms with Crippen molar-refractivity contribution < 1.29 is 18.7 Å². The van der Waals surface area contributed by atoms with Crippen molar-refractivity contribution in [2.75, 3.05) is 0 Å². The quantitative estimate of drug-likeness (QED) is 0.853. The highest BCUT2D eigenvalue weighted by molar-refractivity contribution is 5.71. The van der Waals surface area contributed by atoms with Gasteiger partial charge in [0.2, 0.25) is 0 Å². The molecule has 1 heterocycles. The Morgan fingerprint density at radius 3 is 2.75 bits per heavy atom. The molecule has 0 aliphatic heterocycles. The first-order valence-corrected chi connectivity index (χ1v) is 4.36. The first-order chi connectivity index (χ1) is 7.45. The van der Waals surface area contributed by atoms with Crippen LogP contribution < -0.4 is 0 Å². The van der Waals surface area contributed by atoms with Crippen LogP contribution in [0.15, 0.2) is 6.07 Å². The highest BCUT2D eigenvalue weighted by Crippen LogP contribution is 2.26. The van der Waals surface area contributed by atoms with E-state index < -0.39 is 30.1 Å². The van der Waals surface area contributed by atoms with Crippen LogP contribution in [-0.4, -0.2) is 16.1 Å². The third-order valence-electron chi connectivity index (χ3n) is 1.94. The van der Waals surface area contributed by atoms with Gasteiger partial charge < -0.3 is 5.11 Å². The minimum Gasteiger partial charge on any atom is -0.481 e. The average Bonchev–Trinajstić information content (AvgIpc) is 2.14. The lowest BCUT2D eigenvalue weighted by atomic mass is 10.0. The average molecular weight is 226 g/mol. The van der Waals surface area contributed by atoms with Crippen molar-refractivity contribution in [1.29, 1.82) is 5.26 Å². The third kappa shape index (κ3) is 2.51. The number of nitriles is 1. The summed E-state index contributed by atoms with van der Waals surface area (Å²) in [5.74, 6) is -1.23. The molecule has 84 valence electrons. The maximum atomic E-state index is 12.7. The van der Waals surface area contributed by atoms with Crippen LogP contribution in [0.4, 0.5) is 8.78 Å². The predicted octanol–water partition coefficient (Wildman–Crippen LogP) is 1.83. The fraction of sp³-hybridized carbons (Fsp3) is 0.300. The molecule has 0 bridgehead atoms. The van der Waals surface area contributed by atoms with E-state index in [-0.39, 0.29) is 5.56 Å². The third-order valence-corrected chi connectivity index (χ3v) is 1.94. The molecule has 1 N–H and O–H groups in total. The predicted molar refractivity (Wildman–Crippen MR) is 50.0 cm³/mol.